The number of amides is 2. The lowest BCUT2D eigenvalue weighted by molar-refractivity contribution is -0.145. The molecule has 3 atom stereocenters. The highest BCUT2D eigenvalue weighted by Crippen LogP contribution is 2.44. The number of fused-ring (bicyclic) bond motifs is 3. The molecular formula is C27H34N2O5. The third kappa shape index (κ3) is 5.41. The molecule has 0 heterocycles. The molecule has 34 heavy (non-hydrogen) atoms. The number of aliphatic carboxylic acids is 1. The molecule has 0 bridgehead atoms. The van der Waals surface area contributed by atoms with Gasteiger partial charge in [0.05, 0.1) is 0 Å². The predicted molar refractivity (Wildman–Crippen MR) is 130 cm³/mol. The van der Waals surface area contributed by atoms with Crippen molar-refractivity contribution in [1.82, 2.24) is 10.6 Å². The van der Waals surface area contributed by atoms with Gasteiger partial charge in [0, 0.05) is 5.92 Å². The predicted octanol–water partition coefficient (Wildman–Crippen LogP) is 4.56. The molecular weight excluding hydrogens is 432 g/mol. The van der Waals surface area contributed by atoms with Gasteiger partial charge in [-0.1, -0.05) is 89.6 Å². The monoisotopic (exact) mass is 466 g/mol. The molecule has 7 heteroatoms. The number of carbonyl (C=O) groups excluding carboxylic acids is 2. The van der Waals surface area contributed by atoms with Crippen molar-refractivity contribution in [2.24, 2.45) is 11.3 Å². The van der Waals surface area contributed by atoms with E-state index in [0.717, 1.165) is 22.3 Å². The average molecular weight is 467 g/mol. The fourth-order valence-electron chi connectivity index (χ4n) is 4.35. The Labute approximate surface area is 200 Å². The summed E-state index contributed by atoms with van der Waals surface area (Å²) >= 11 is 0. The Morgan fingerprint density at radius 2 is 1.50 bits per heavy atom. The second-order valence-electron chi connectivity index (χ2n) is 9.98. The summed E-state index contributed by atoms with van der Waals surface area (Å²) in [6.45, 7) is 9.09. The van der Waals surface area contributed by atoms with Gasteiger partial charge in [0.25, 0.3) is 0 Å². The molecule has 2 amide bonds. The maximum Gasteiger partial charge on any atom is 0.407 e. The number of carboxylic acids is 1. The normalized spacial score (nSPS) is 15.4. The molecule has 0 fully saturated rings. The molecule has 0 saturated heterocycles. The lowest BCUT2D eigenvalue weighted by atomic mass is 9.86. The number of carbonyl (C=O) groups is 3. The van der Waals surface area contributed by atoms with E-state index in [4.69, 9.17) is 4.74 Å². The lowest BCUT2D eigenvalue weighted by Crippen LogP contribution is -2.57. The van der Waals surface area contributed by atoms with Gasteiger partial charge in [0.1, 0.15) is 18.7 Å². The Hall–Kier alpha value is -3.35. The van der Waals surface area contributed by atoms with Crippen molar-refractivity contribution in [3.63, 3.8) is 0 Å². The summed E-state index contributed by atoms with van der Waals surface area (Å²) in [6, 6.07) is 14.1. The Kier molecular flexibility index (Phi) is 7.64. The number of carboxylic acid groups (broad SMARTS) is 1. The minimum absolute atomic E-state index is 0.0914. The molecule has 7 nitrogen and oxygen atoms in total. The van der Waals surface area contributed by atoms with Gasteiger partial charge in [0.15, 0.2) is 0 Å². The maximum atomic E-state index is 13.0. The van der Waals surface area contributed by atoms with Crippen LogP contribution in [0.2, 0.25) is 0 Å². The number of ether oxygens (including phenoxy) is 1. The molecule has 1 aliphatic carbocycles. The van der Waals surface area contributed by atoms with Gasteiger partial charge in [-0.25, -0.2) is 9.59 Å². The first-order valence-corrected chi connectivity index (χ1v) is 11.7. The van der Waals surface area contributed by atoms with Gasteiger partial charge < -0.3 is 20.5 Å². The van der Waals surface area contributed by atoms with E-state index in [1.165, 1.54) is 0 Å². The molecule has 0 aliphatic heterocycles. The number of hydrogen-bond acceptors (Lipinski definition) is 4. The summed E-state index contributed by atoms with van der Waals surface area (Å²) in [6.07, 6.45) is -0.0837. The van der Waals surface area contributed by atoms with E-state index >= 15 is 0 Å². The largest absolute Gasteiger partial charge is 0.480 e. The van der Waals surface area contributed by atoms with Crippen LogP contribution in [0.25, 0.3) is 11.1 Å². The molecule has 0 aromatic heterocycles. The van der Waals surface area contributed by atoms with Crippen molar-refractivity contribution < 1.29 is 24.2 Å². The van der Waals surface area contributed by atoms with Crippen molar-refractivity contribution in [3.05, 3.63) is 59.7 Å². The van der Waals surface area contributed by atoms with Crippen molar-refractivity contribution >= 4 is 18.0 Å². The molecule has 2 aromatic carbocycles. The average Bonchev–Trinajstić information content (AvgIpc) is 3.11. The Morgan fingerprint density at radius 3 is 1.97 bits per heavy atom. The first kappa shape index (κ1) is 25.3. The first-order chi connectivity index (χ1) is 16.0. The number of hydrogen-bond donors (Lipinski definition) is 3. The topological polar surface area (TPSA) is 105 Å². The molecule has 1 aliphatic rings. The summed E-state index contributed by atoms with van der Waals surface area (Å²) in [7, 11) is 0. The third-order valence-electron chi connectivity index (χ3n) is 6.51. The van der Waals surface area contributed by atoms with Gasteiger partial charge in [0.2, 0.25) is 5.91 Å². The summed E-state index contributed by atoms with van der Waals surface area (Å²) < 4.78 is 5.59. The van der Waals surface area contributed by atoms with Gasteiger partial charge in [-0.3, -0.25) is 4.79 Å². The van der Waals surface area contributed by atoms with Gasteiger partial charge >= 0.3 is 12.1 Å². The van der Waals surface area contributed by atoms with E-state index in [-0.39, 0.29) is 18.4 Å². The van der Waals surface area contributed by atoms with E-state index in [1.54, 1.807) is 20.8 Å². The summed E-state index contributed by atoms with van der Waals surface area (Å²) in [5.41, 5.74) is 3.77. The van der Waals surface area contributed by atoms with Gasteiger partial charge in [-0.2, -0.15) is 0 Å². The van der Waals surface area contributed by atoms with Crippen LogP contribution in [-0.4, -0.2) is 41.8 Å². The lowest BCUT2D eigenvalue weighted by Gasteiger charge is -2.31. The number of rotatable bonds is 8. The van der Waals surface area contributed by atoms with E-state index in [1.807, 2.05) is 50.2 Å². The van der Waals surface area contributed by atoms with Crippen LogP contribution in [0.3, 0.4) is 0 Å². The van der Waals surface area contributed by atoms with E-state index in [2.05, 4.69) is 22.8 Å². The quantitative estimate of drug-likeness (QED) is 0.529. The third-order valence-corrected chi connectivity index (χ3v) is 6.51. The van der Waals surface area contributed by atoms with Crippen molar-refractivity contribution in [2.45, 2.75) is 59.0 Å². The Balaban J connectivity index is 1.70. The van der Waals surface area contributed by atoms with E-state index in [0.29, 0.717) is 6.42 Å². The van der Waals surface area contributed by atoms with Crippen LogP contribution in [0, 0.1) is 11.3 Å². The highest BCUT2D eigenvalue weighted by molar-refractivity contribution is 5.89. The molecule has 0 radical (unpaired) electrons. The van der Waals surface area contributed by atoms with Crippen LogP contribution in [0.4, 0.5) is 4.79 Å². The fraction of sp³-hybridized carbons (Fsp3) is 0.444. The highest BCUT2D eigenvalue weighted by atomic mass is 16.5. The summed E-state index contributed by atoms with van der Waals surface area (Å²) in [5, 5.41) is 14.8. The van der Waals surface area contributed by atoms with Crippen LogP contribution in [-0.2, 0) is 14.3 Å². The molecule has 182 valence electrons. The molecule has 1 unspecified atom stereocenters. The van der Waals surface area contributed by atoms with Crippen molar-refractivity contribution in [2.75, 3.05) is 6.61 Å². The van der Waals surface area contributed by atoms with Crippen LogP contribution >= 0.6 is 0 Å². The van der Waals surface area contributed by atoms with Crippen LogP contribution in [0.5, 0.6) is 0 Å². The molecule has 2 aromatic rings. The smallest absolute Gasteiger partial charge is 0.407 e. The minimum atomic E-state index is -1.12. The minimum Gasteiger partial charge on any atom is -0.480 e. The Morgan fingerprint density at radius 1 is 0.971 bits per heavy atom. The van der Waals surface area contributed by atoms with E-state index in [9.17, 15) is 19.5 Å². The second kappa shape index (κ2) is 10.3. The second-order valence-corrected chi connectivity index (χ2v) is 9.98. The maximum absolute atomic E-state index is 13.0. The molecule has 0 spiro atoms. The first-order valence-electron chi connectivity index (χ1n) is 11.7. The zero-order valence-electron chi connectivity index (χ0n) is 20.4. The zero-order chi connectivity index (χ0) is 25.0. The molecule has 0 saturated carbocycles. The van der Waals surface area contributed by atoms with Gasteiger partial charge in [-0.15, -0.1) is 0 Å². The number of benzene rings is 2. The zero-order valence-corrected chi connectivity index (χ0v) is 20.4. The molecule has 3 N–H and O–H groups in total. The number of alkyl carbamates (subject to hydrolysis) is 1. The fourth-order valence-corrected chi connectivity index (χ4v) is 4.35. The van der Waals surface area contributed by atoms with Crippen LogP contribution in [0.15, 0.2) is 48.5 Å². The van der Waals surface area contributed by atoms with Crippen molar-refractivity contribution in [1.29, 1.82) is 0 Å². The van der Waals surface area contributed by atoms with Crippen molar-refractivity contribution in [3.8, 4) is 11.1 Å². The highest BCUT2D eigenvalue weighted by Gasteiger charge is 2.36. The summed E-state index contributed by atoms with van der Waals surface area (Å²) in [4.78, 5) is 37.4. The van der Waals surface area contributed by atoms with E-state index < -0.39 is 35.5 Å². The number of nitrogens with one attached hydrogen (secondary N) is 2. The van der Waals surface area contributed by atoms with Gasteiger partial charge in [-0.05, 0) is 33.6 Å². The van der Waals surface area contributed by atoms with Crippen LogP contribution in [0.1, 0.15) is 58.1 Å². The molecule has 3 rings (SSSR count). The van der Waals surface area contributed by atoms with Crippen LogP contribution < -0.4 is 10.6 Å². The summed E-state index contributed by atoms with van der Waals surface area (Å²) in [5.74, 6) is -1.96. The standard InChI is InChI=1S/C27H34N2O5/c1-6-16(2)22(24(30)29-23(25(31)32)27(3,4)5)28-26(33)34-15-21-19-13-9-7-11-17(19)18-12-8-10-14-20(18)21/h7-14,16,21-23H,6,15H2,1-5H3,(H,28,33)(H,29,30)(H,31,32)/t16-,22-,23?/m0/s1. The Bertz CT molecular complexity index is 1010. The SMILES string of the molecule is CC[C@H](C)[C@H](NC(=O)OCC1c2ccccc2-c2ccccc21)C(=O)NC(C(=O)O)C(C)(C)C.